The second-order valence-electron chi connectivity index (χ2n) is 7.65. The molecule has 3 aliphatic rings. The zero-order valence-electron chi connectivity index (χ0n) is 14.1. The summed E-state index contributed by atoms with van der Waals surface area (Å²) in [6.07, 6.45) is 15.7. The Morgan fingerprint density at radius 1 is 0.667 bits per heavy atom. The largest absolute Gasteiger partial charge is 0.0794 e. The van der Waals surface area contributed by atoms with E-state index in [1.165, 1.54) is 36.8 Å². The quantitative estimate of drug-likeness (QED) is 0.619. The first-order chi connectivity index (χ1) is 11.9. The summed E-state index contributed by atoms with van der Waals surface area (Å²) in [4.78, 5) is 0. The van der Waals surface area contributed by atoms with Gasteiger partial charge in [-0.15, -0.1) is 0 Å². The molecule has 2 unspecified atom stereocenters. The molecule has 0 saturated heterocycles. The zero-order chi connectivity index (χ0) is 15.9. The SMILES string of the molecule is C1=CC([SiH](C2CCCC2)C2C=Cc3ccccc32)c2ccccc21. The lowest BCUT2D eigenvalue weighted by Gasteiger charge is -2.33. The lowest BCUT2D eigenvalue weighted by atomic mass is 10.1. The second kappa shape index (κ2) is 5.89. The third-order valence-electron chi connectivity index (χ3n) is 6.45. The van der Waals surface area contributed by atoms with E-state index >= 15 is 0 Å². The predicted molar refractivity (Wildman–Crippen MR) is 106 cm³/mol. The molecule has 1 saturated carbocycles. The van der Waals surface area contributed by atoms with Crippen molar-refractivity contribution in [3.05, 3.63) is 82.9 Å². The van der Waals surface area contributed by atoms with Gasteiger partial charge >= 0.3 is 0 Å². The van der Waals surface area contributed by atoms with Crippen molar-refractivity contribution in [1.82, 2.24) is 0 Å². The third-order valence-corrected chi connectivity index (χ3v) is 11.0. The molecule has 2 aromatic carbocycles. The number of hydrogen-bond acceptors (Lipinski definition) is 0. The van der Waals surface area contributed by atoms with Crippen molar-refractivity contribution < 1.29 is 0 Å². The summed E-state index contributed by atoms with van der Waals surface area (Å²) in [7, 11) is -1.04. The molecule has 120 valence electrons. The van der Waals surface area contributed by atoms with Gasteiger partial charge < -0.3 is 0 Å². The molecule has 0 aromatic heterocycles. The minimum Gasteiger partial charge on any atom is -0.0794 e. The van der Waals surface area contributed by atoms with E-state index < -0.39 is 8.80 Å². The smallest absolute Gasteiger partial charge is 0.0652 e. The Morgan fingerprint density at radius 2 is 1.17 bits per heavy atom. The number of rotatable bonds is 3. The standard InChI is InChI=1S/C23H24Si/c1-5-11-20-17(7-1)13-15-22(20)24(19-9-3-4-10-19)23-16-14-18-8-2-6-12-21(18)23/h1-2,5-8,11-16,19,22-24H,3-4,9-10H2. The van der Waals surface area contributed by atoms with Crippen molar-refractivity contribution in [3.63, 3.8) is 0 Å². The molecule has 5 rings (SSSR count). The van der Waals surface area contributed by atoms with Crippen molar-refractivity contribution >= 4 is 20.9 Å². The molecule has 1 fully saturated rings. The van der Waals surface area contributed by atoms with Crippen molar-refractivity contribution in [2.45, 2.75) is 42.3 Å². The highest BCUT2D eigenvalue weighted by molar-refractivity contribution is 6.65. The van der Waals surface area contributed by atoms with Gasteiger partial charge in [0, 0.05) is 0 Å². The average molecular weight is 329 g/mol. The Kier molecular flexibility index (Phi) is 3.55. The van der Waals surface area contributed by atoms with E-state index in [4.69, 9.17) is 0 Å². The Balaban J connectivity index is 1.58. The van der Waals surface area contributed by atoms with Crippen molar-refractivity contribution in [2.24, 2.45) is 0 Å². The van der Waals surface area contributed by atoms with Crippen LogP contribution < -0.4 is 0 Å². The minimum absolute atomic E-state index is 0.713. The van der Waals surface area contributed by atoms with Crippen LogP contribution in [0.25, 0.3) is 12.2 Å². The fourth-order valence-corrected chi connectivity index (χ4v) is 10.4. The molecule has 0 bridgehead atoms. The van der Waals surface area contributed by atoms with Gasteiger partial charge in [-0.2, -0.15) is 0 Å². The molecule has 0 amide bonds. The van der Waals surface area contributed by atoms with Crippen LogP contribution in [0.1, 0.15) is 59.0 Å². The Labute approximate surface area is 146 Å². The highest BCUT2D eigenvalue weighted by Crippen LogP contribution is 2.49. The Bertz CT molecular complexity index is 749. The van der Waals surface area contributed by atoms with E-state index in [9.17, 15) is 0 Å². The summed E-state index contributed by atoms with van der Waals surface area (Å²) >= 11 is 0. The van der Waals surface area contributed by atoms with Gasteiger partial charge in [-0.05, 0) is 38.9 Å². The number of benzene rings is 2. The first kappa shape index (κ1) is 14.5. The van der Waals surface area contributed by atoms with Gasteiger partial charge in [-0.1, -0.05) is 98.5 Å². The van der Waals surface area contributed by atoms with Gasteiger partial charge in [0.05, 0.1) is 8.80 Å². The summed E-state index contributed by atoms with van der Waals surface area (Å²) < 4.78 is 0. The molecule has 3 aliphatic carbocycles. The van der Waals surface area contributed by atoms with Crippen LogP contribution >= 0.6 is 0 Å². The lowest BCUT2D eigenvalue weighted by Crippen LogP contribution is -2.33. The summed E-state index contributed by atoms with van der Waals surface area (Å²) in [5, 5.41) is 0. The highest BCUT2D eigenvalue weighted by Gasteiger charge is 2.41. The maximum Gasteiger partial charge on any atom is 0.0652 e. The van der Waals surface area contributed by atoms with Crippen LogP contribution in [0.15, 0.2) is 60.7 Å². The first-order valence-corrected chi connectivity index (χ1v) is 11.5. The van der Waals surface area contributed by atoms with Crippen LogP contribution in [0, 0.1) is 0 Å². The summed E-state index contributed by atoms with van der Waals surface area (Å²) in [5.41, 5.74) is 8.57. The molecule has 0 aliphatic heterocycles. The number of fused-ring (bicyclic) bond motifs is 2. The van der Waals surface area contributed by atoms with Crippen molar-refractivity contribution in [2.75, 3.05) is 0 Å². The van der Waals surface area contributed by atoms with Crippen molar-refractivity contribution in [3.8, 4) is 0 Å². The summed E-state index contributed by atoms with van der Waals surface area (Å²) in [5.74, 6) is 0. The van der Waals surface area contributed by atoms with E-state index in [1.54, 1.807) is 11.1 Å². The monoisotopic (exact) mass is 328 g/mol. The number of hydrogen-bond donors (Lipinski definition) is 0. The van der Waals surface area contributed by atoms with Crippen LogP contribution in [0.4, 0.5) is 0 Å². The molecular formula is C23H24Si. The predicted octanol–water partition coefficient (Wildman–Crippen LogP) is 5.86. The van der Waals surface area contributed by atoms with Crippen LogP contribution in [0.3, 0.4) is 0 Å². The maximum atomic E-state index is 2.55. The van der Waals surface area contributed by atoms with E-state index in [1.807, 2.05) is 0 Å². The molecule has 0 spiro atoms. The lowest BCUT2D eigenvalue weighted by molar-refractivity contribution is 0.815. The molecule has 1 heteroatoms. The zero-order valence-corrected chi connectivity index (χ0v) is 15.2. The minimum atomic E-state index is -1.04. The molecule has 0 heterocycles. The molecular weight excluding hydrogens is 304 g/mol. The average Bonchev–Trinajstić information content (AvgIpc) is 3.36. The van der Waals surface area contributed by atoms with Gasteiger partial charge in [0.25, 0.3) is 0 Å². The third kappa shape index (κ3) is 2.26. The highest BCUT2D eigenvalue weighted by atomic mass is 28.3. The van der Waals surface area contributed by atoms with Gasteiger partial charge in [-0.3, -0.25) is 0 Å². The van der Waals surface area contributed by atoms with Crippen LogP contribution in [0.2, 0.25) is 5.54 Å². The molecule has 0 nitrogen and oxygen atoms in total. The fraction of sp³-hybridized carbons (Fsp3) is 0.304. The van der Waals surface area contributed by atoms with Gasteiger partial charge in [0.1, 0.15) is 0 Å². The fourth-order valence-electron chi connectivity index (χ4n) is 5.38. The summed E-state index contributed by atoms with van der Waals surface area (Å²) in [6, 6.07) is 18.2. The van der Waals surface area contributed by atoms with Crippen LogP contribution in [-0.4, -0.2) is 8.80 Å². The van der Waals surface area contributed by atoms with Gasteiger partial charge in [0.15, 0.2) is 0 Å². The van der Waals surface area contributed by atoms with E-state index in [-0.39, 0.29) is 0 Å². The van der Waals surface area contributed by atoms with Crippen LogP contribution in [-0.2, 0) is 0 Å². The first-order valence-electron chi connectivity index (χ1n) is 9.46. The van der Waals surface area contributed by atoms with Crippen LogP contribution in [0.5, 0.6) is 0 Å². The summed E-state index contributed by atoms with van der Waals surface area (Å²) in [6.45, 7) is 0. The number of allylic oxidation sites excluding steroid dienone is 2. The van der Waals surface area contributed by atoms with Gasteiger partial charge in [0.2, 0.25) is 0 Å². The Morgan fingerprint density at radius 3 is 1.71 bits per heavy atom. The van der Waals surface area contributed by atoms with E-state index in [0.717, 1.165) is 5.54 Å². The van der Waals surface area contributed by atoms with Gasteiger partial charge in [-0.25, -0.2) is 0 Å². The van der Waals surface area contributed by atoms with E-state index in [2.05, 4.69) is 72.8 Å². The van der Waals surface area contributed by atoms with Crippen molar-refractivity contribution in [1.29, 1.82) is 0 Å². The van der Waals surface area contributed by atoms with E-state index in [0.29, 0.717) is 11.1 Å². The second-order valence-corrected chi connectivity index (χ2v) is 11.2. The molecule has 2 atom stereocenters. The normalized spacial score (nSPS) is 25.8. The topological polar surface area (TPSA) is 0 Å². The molecule has 0 N–H and O–H groups in total. The molecule has 0 radical (unpaired) electrons. The molecule has 2 aromatic rings. The molecule has 24 heavy (non-hydrogen) atoms. The maximum absolute atomic E-state index is 2.55. The Hall–Kier alpha value is -1.86.